The molecule has 7 nitrogen and oxygen atoms in total. The second-order valence-electron chi connectivity index (χ2n) is 7.20. The second kappa shape index (κ2) is 9.42. The van der Waals surface area contributed by atoms with E-state index in [4.69, 9.17) is 11.6 Å². The molecule has 0 aliphatic rings. The number of H-pyrrole nitrogens is 1. The molecule has 0 spiro atoms. The number of nitrogens with one attached hydrogen (secondary N) is 3. The SMILES string of the molecule is CC(C)NS(=O)(=O)Cc1ccc(CNC(=O)c2cn[nH]c2-c2ccc(Cl)cc2)cc1. The smallest absolute Gasteiger partial charge is 0.255 e. The molecule has 0 radical (unpaired) electrons. The number of hydrogen-bond donors (Lipinski definition) is 3. The van der Waals surface area contributed by atoms with E-state index in [0.717, 1.165) is 11.1 Å². The summed E-state index contributed by atoms with van der Waals surface area (Å²) in [5.74, 6) is -0.349. The third-order valence-electron chi connectivity index (χ3n) is 4.26. The molecule has 1 aromatic heterocycles. The Hall–Kier alpha value is -2.68. The van der Waals surface area contributed by atoms with Gasteiger partial charge in [0.2, 0.25) is 10.0 Å². The zero-order valence-electron chi connectivity index (χ0n) is 16.6. The molecule has 30 heavy (non-hydrogen) atoms. The van der Waals surface area contributed by atoms with Crippen LogP contribution in [0.25, 0.3) is 11.3 Å². The van der Waals surface area contributed by atoms with Gasteiger partial charge in [0.25, 0.3) is 5.91 Å². The highest BCUT2D eigenvalue weighted by atomic mass is 35.5. The Morgan fingerprint density at radius 3 is 2.33 bits per heavy atom. The molecule has 3 N–H and O–H groups in total. The average Bonchev–Trinajstić information content (AvgIpc) is 3.16. The predicted molar refractivity (Wildman–Crippen MR) is 118 cm³/mol. The van der Waals surface area contributed by atoms with Crippen LogP contribution in [-0.2, 0) is 22.3 Å². The van der Waals surface area contributed by atoms with Crippen LogP contribution >= 0.6 is 11.6 Å². The Kier molecular flexibility index (Phi) is 6.91. The van der Waals surface area contributed by atoms with Crippen molar-refractivity contribution in [1.82, 2.24) is 20.2 Å². The van der Waals surface area contributed by atoms with E-state index in [-0.39, 0.29) is 17.7 Å². The molecule has 3 rings (SSSR count). The molecule has 3 aromatic rings. The summed E-state index contributed by atoms with van der Waals surface area (Å²) in [7, 11) is -3.37. The molecule has 0 fully saturated rings. The topological polar surface area (TPSA) is 104 Å². The van der Waals surface area contributed by atoms with E-state index in [9.17, 15) is 13.2 Å². The van der Waals surface area contributed by atoms with Crippen LogP contribution in [0, 0.1) is 0 Å². The number of halogens is 1. The third kappa shape index (κ3) is 5.91. The Morgan fingerprint density at radius 2 is 1.70 bits per heavy atom. The number of sulfonamides is 1. The van der Waals surface area contributed by atoms with Crippen molar-refractivity contribution in [2.45, 2.75) is 32.2 Å². The van der Waals surface area contributed by atoms with E-state index in [1.807, 2.05) is 12.1 Å². The Labute approximate surface area is 180 Å². The lowest BCUT2D eigenvalue weighted by Gasteiger charge is -2.10. The van der Waals surface area contributed by atoms with Gasteiger partial charge >= 0.3 is 0 Å². The first-order chi connectivity index (χ1) is 14.2. The lowest BCUT2D eigenvalue weighted by Crippen LogP contribution is -2.31. The van der Waals surface area contributed by atoms with Crippen molar-refractivity contribution < 1.29 is 13.2 Å². The number of hydrogen-bond acceptors (Lipinski definition) is 4. The first-order valence-electron chi connectivity index (χ1n) is 9.39. The minimum atomic E-state index is -3.37. The van der Waals surface area contributed by atoms with Gasteiger partial charge in [0.05, 0.1) is 23.2 Å². The summed E-state index contributed by atoms with van der Waals surface area (Å²) < 4.78 is 26.6. The number of aromatic amines is 1. The molecule has 0 aliphatic carbocycles. The molecule has 2 aromatic carbocycles. The van der Waals surface area contributed by atoms with Gasteiger partial charge in [-0.25, -0.2) is 13.1 Å². The van der Waals surface area contributed by atoms with Gasteiger partial charge in [-0.1, -0.05) is 48.0 Å². The fourth-order valence-corrected chi connectivity index (χ4v) is 4.50. The monoisotopic (exact) mass is 446 g/mol. The summed E-state index contributed by atoms with van der Waals surface area (Å²) in [5.41, 5.74) is 3.39. The van der Waals surface area contributed by atoms with E-state index in [1.165, 1.54) is 6.20 Å². The van der Waals surface area contributed by atoms with E-state index < -0.39 is 10.0 Å². The van der Waals surface area contributed by atoms with Crippen LogP contribution in [-0.4, -0.2) is 30.6 Å². The number of rotatable bonds is 8. The minimum absolute atomic E-state index is 0.0860. The number of nitrogens with zero attached hydrogens (tertiary/aromatic N) is 1. The van der Waals surface area contributed by atoms with E-state index in [2.05, 4.69) is 20.2 Å². The van der Waals surface area contributed by atoms with Gasteiger partial charge in [0, 0.05) is 23.2 Å². The maximum absolute atomic E-state index is 12.6. The Morgan fingerprint density at radius 1 is 1.07 bits per heavy atom. The minimum Gasteiger partial charge on any atom is -0.348 e. The number of carbonyl (C=O) groups excluding carboxylic acids is 1. The van der Waals surface area contributed by atoms with Crippen LogP contribution in [0.5, 0.6) is 0 Å². The van der Waals surface area contributed by atoms with Crippen molar-refractivity contribution in [3.63, 3.8) is 0 Å². The van der Waals surface area contributed by atoms with Crippen molar-refractivity contribution in [1.29, 1.82) is 0 Å². The summed E-state index contributed by atoms with van der Waals surface area (Å²) in [6, 6.07) is 14.1. The fourth-order valence-electron chi connectivity index (χ4n) is 2.95. The quantitative estimate of drug-likeness (QED) is 0.492. The normalized spacial score (nSPS) is 11.6. The second-order valence-corrected chi connectivity index (χ2v) is 9.39. The number of benzene rings is 2. The van der Waals surface area contributed by atoms with E-state index >= 15 is 0 Å². The zero-order valence-corrected chi connectivity index (χ0v) is 18.2. The first-order valence-corrected chi connectivity index (χ1v) is 11.4. The van der Waals surface area contributed by atoms with Crippen LogP contribution in [0.3, 0.4) is 0 Å². The maximum atomic E-state index is 12.6. The van der Waals surface area contributed by atoms with Crippen LogP contribution in [0.15, 0.2) is 54.7 Å². The highest BCUT2D eigenvalue weighted by molar-refractivity contribution is 7.88. The van der Waals surface area contributed by atoms with E-state index in [0.29, 0.717) is 28.4 Å². The number of amides is 1. The molecule has 1 heterocycles. The highest BCUT2D eigenvalue weighted by Crippen LogP contribution is 2.23. The maximum Gasteiger partial charge on any atom is 0.255 e. The molecule has 0 unspecified atom stereocenters. The summed E-state index contributed by atoms with van der Waals surface area (Å²) in [5, 5.41) is 10.3. The lowest BCUT2D eigenvalue weighted by molar-refractivity contribution is 0.0951. The molecule has 0 aliphatic heterocycles. The molecule has 0 saturated carbocycles. The number of carbonyl (C=O) groups is 1. The van der Waals surface area contributed by atoms with Gasteiger partial charge in [-0.15, -0.1) is 0 Å². The van der Waals surface area contributed by atoms with Crippen molar-refractivity contribution in [3.05, 3.63) is 76.4 Å². The molecule has 0 bridgehead atoms. The molecule has 0 atom stereocenters. The van der Waals surface area contributed by atoms with Gasteiger partial charge < -0.3 is 5.32 Å². The van der Waals surface area contributed by atoms with Crippen molar-refractivity contribution in [3.8, 4) is 11.3 Å². The summed E-state index contributed by atoms with van der Waals surface area (Å²) in [4.78, 5) is 12.6. The van der Waals surface area contributed by atoms with Gasteiger partial charge in [0.1, 0.15) is 0 Å². The Balaban J connectivity index is 1.62. The average molecular weight is 447 g/mol. The van der Waals surface area contributed by atoms with Crippen LogP contribution in [0.1, 0.15) is 35.3 Å². The lowest BCUT2D eigenvalue weighted by atomic mass is 10.1. The van der Waals surface area contributed by atoms with Gasteiger partial charge in [-0.2, -0.15) is 5.10 Å². The molecule has 1 amide bonds. The zero-order chi connectivity index (χ0) is 21.7. The molecular formula is C21H23ClN4O3S. The van der Waals surface area contributed by atoms with Crippen molar-refractivity contribution in [2.75, 3.05) is 0 Å². The predicted octanol–water partition coefficient (Wildman–Crippen LogP) is 3.49. The highest BCUT2D eigenvalue weighted by Gasteiger charge is 2.16. The standard InChI is InChI=1S/C21H23ClN4O3S/c1-14(2)26-30(28,29)13-16-5-3-15(4-6-16)11-23-21(27)19-12-24-25-20(19)17-7-9-18(22)10-8-17/h3-10,12,14,26H,11,13H2,1-2H3,(H,23,27)(H,24,25). The first kappa shape index (κ1) is 22.0. The van der Waals surface area contributed by atoms with Crippen LogP contribution in [0.2, 0.25) is 5.02 Å². The molecule has 0 saturated heterocycles. The van der Waals surface area contributed by atoms with Gasteiger partial charge in [0.15, 0.2) is 0 Å². The van der Waals surface area contributed by atoms with Crippen molar-refractivity contribution in [2.24, 2.45) is 0 Å². The summed E-state index contributed by atoms with van der Waals surface area (Å²) >= 11 is 5.92. The third-order valence-corrected chi connectivity index (χ3v) is 6.06. The van der Waals surface area contributed by atoms with E-state index in [1.54, 1.807) is 50.2 Å². The Bertz CT molecular complexity index is 1110. The summed E-state index contributed by atoms with van der Waals surface area (Å²) in [6.07, 6.45) is 1.48. The molecule has 158 valence electrons. The summed E-state index contributed by atoms with van der Waals surface area (Å²) in [6.45, 7) is 3.87. The molecule has 9 heteroatoms. The van der Waals surface area contributed by atoms with Crippen LogP contribution in [0.4, 0.5) is 0 Å². The van der Waals surface area contributed by atoms with Gasteiger partial charge in [-0.3, -0.25) is 9.89 Å². The van der Waals surface area contributed by atoms with Gasteiger partial charge in [-0.05, 0) is 37.1 Å². The number of aromatic nitrogens is 2. The largest absolute Gasteiger partial charge is 0.348 e. The fraction of sp³-hybridized carbons (Fsp3) is 0.238. The van der Waals surface area contributed by atoms with Crippen LogP contribution < -0.4 is 10.0 Å². The van der Waals surface area contributed by atoms with Crippen molar-refractivity contribution >= 4 is 27.5 Å². The molecular weight excluding hydrogens is 424 g/mol.